The second kappa shape index (κ2) is 10.6. The van der Waals surface area contributed by atoms with Crippen LogP contribution in [-0.2, 0) is 10.6 Å². The summed E-state index contributed by atoms with van der Waals surface area (Å²) in [7, 11) is -2.30. The Bertz CT molecular complexity index is 1380. The van der Waals surface area contributed by atoms with E-state index >= 15 is 0 Å². The van der Waals surface area contributed by atoms with Gasteiger partial charge in [-0.15, -0.1) is 10.2 Å². The van der Waals surface area contributed by atoms with Crippen LogP contribution < -0.4 is 5.32 Å². The number of nitriles is 1. The van der Waals surface area contributed by atoms with Gasteiger partial charge in [0.2, 0.25) is 11.8 Å². The standard InChI is InChI=1S/C27H30F3N5O2Si/c1-16-20(13-14-21(32-6)22(16)27(28,29)30)33-23(17(2)37-38(7,8)26(3,4)5)25-35-34-24(36-25)19-11-9-18(15-31)10-12-19/h9-14,17,23,33H,1-5,7-8H3/t17-,23-/m1/s1. The van der Waals surface area contributed by atoms with E-state index in [0.29, 0.717) is 11.1 Å². The van der Waals surface area contributed by atoms with Crippen LogP contribution in [0.1, 0.15) is 56.3 Å². The number of anilines is 1. The first kappa shape index (κ1) is 28.9. The van der Waals surface area contributed by atoms with Crippen molar-refractivity contribution >= 4 is 19.7 Å². The smallest absolute Gasteiger partial charge is 0.407 e. The highest BCUT2D eigenvalue weighted by atomic mass is 28.4. The third-order valence-electron chi connectivity index (χ3n) is 6.88. The summed E-state index contributed by atoms with van der Waals surface area (Å²) in [5.74, 6) is 0.338. The summed E-state index contributed by atoms with van der Waals surface area (Å²) in [4.78, 5) is 3.06. The summed E-state index contributed by atoms with van der Waals surface area (Å²) in [6, 6.07) is 10.5. The molecule has 38 heavy (non-hydrogen) atoms. The molecule has 0 aliphatic rings. The Morgan fingerprint density at radius 1 is 1.11 bits per heavy atom. The lowest BCUT2D eigenvalue weighted by molar-refractivity contribution is -0.137. The Labute approximate surface area is 221 Å². The van der Waals surface area contributed by atoms with E-state index in [1.165, 1.54) is 13.0 Å². The van der Waals surface area contributed by atoms with Crippen molar-refractivity contribution < 1.29 is 22.0 Å². The van der Waals surface area contributed by atoms with E-state index in [-0.39, 0.29) is 28.1 Å². The van der Waals surface area contributed by atoms with Crippen molar-refractivity contribution in [2.75, 3.05) is 5.32 Å². The average molecular weight is 542 g/mol. The molecule has 200 valence electrons. The third kappa shape index (κ3) is 6.06. The molecule has 0 fully saturated rings. The van der Waals surface area contributed by atoms with Crippen LogP contribution in [-0.4, -0.2) is 24.6 Å². The van der Waals surface area contributed by atoms with Gasteiger partial charge in [0, 0.05) is 11.3 Å². The number of alkyl halides is 3. The molecule has 0 radical (unpaired) electrons. The van der Waals surface area contributed by atoms with Crippen molar-refractivity contribution in [2.45, 2.75) is 71.1 Å². The van der Waals surface area contributed by atoms with Gasteiger partial charge in [-0.25, -0.2) is 4.85 Å². The Kier molecular flexibility index (Phi) is 8.06. The molecule has 0 bridgehead atoms. The Hall–Kier alpha value is -3.67. The molecule has 0 amide bonds. The zero-order valence-corrected chi connectivity index (χ0v) is 23.4. The Morgan fingerprint density at radius 2 is 1.74 bits per heavy atom. The predicted molar refractivity (Wildman–Crippen MR) is 141 cm³/mol. The molecule has 0 aliphatic heterocycles. The first-order valence-corrected chi connectivity index (χ1v) is 14.9. The number of hydrogen-bond acceptors (Lipinski definition) is 6. The minimum Gasteiger partial charge on any atom is -0.418 e. The van der Waals surface area contributed by atoms with Crippen molar-refractivity contribution in [2.24, 2.45) is 0 Å². The lowest BCUT2D eigenvalue weighted by atomic mass is 10.0. The molecule has 2 atom stereocenters. The van der Waals surface area contributed by atoms with E-state index in [1.54, 1.807) is 24.3 Å². The van der Waals surface area contributed by atoms with Gasteiger partial charge in [-0.2, -0.15) is 18.4 Å². The normalized spacial score (nSPS) is 13.9. The number of rotatable bonds is 7. The molecule has 3 rings (SSSR count). The number of aromatic nitrogens is 2. The van der Waals surface area contributed by atoms with Gasteiger partial charge in [0.15, 0.2) is 14.0 Å². The van der Waals surface area contributed by atoms with Crippen LogP contribution in [0.3, 0.4) is 0 Å². The van der Waals surface area contributed by atoms with Crippen LogP contribution in [0.2, 0.25) is 18.1 Å². The summed E-state index contributed by atoms with van der Waals surface area (Å²) in [6.07, 6.45) is -5.26. The fraction of sp³-hybridized carbons (Fsp3) is 0.407. The van der Waals surface area contributed by atoms with Crippen molar-refractivity contribution in [3.63, 3.8) is 0 Å². The molecule has 0 spiro atoms. The van der Waals surface area contributed by atoms with E-state index in [0.717, 1.165) is 6.07 Å². The van der Waals surface area contributed by atoms with E-state index < -0.39 is 37.9 Å². The van der Waals surface area contributed by atoms with Gasteiger partial charge >= 0.3 is 6.18 Å². The predicted octanol–water partition coefficient (Wildman–Crippen LogP) is 8.05. The topological polar surface area (TPSA) is 88.3 Å². The molecule has 7 nitrogen and oxygen atoms in total. The number of hydrogen-bond donors (Lipinski definition) is 1. The molecular formula is C27H30F3N5O2Si. The van der Waals surface area contributed by atoms with E-state index in [9.17, 15) is 13.2 Å². The maximum Gasteiger partial charge on any atom is 0.407 e. The molecule has 0 unspecified atom stereocenters. The van der Waals surface area contributed by atoms with Crippen LogP contribution >= 0.6 is 0 Å². The summed E-state index contributed by atoms with van der Waals surface area (Å²) in [5.41, 5.74) is -0.317. The number of halogens is 3. The monoisotopic (exact) mass is 541 g/mol. The molecule has 2 aromatic carbocycles. The van der Waals surface area contributed by atoms with Gasteiger partial charge in [0.1, 0.15) is 6.04 Å². The molecule has 0 aliphatic carbocycles. The van der Waals surface area contributed by atoms with Crippen molar-refractivity contribution in [3.8, 4) is 17.5 Å². The molecule has 11 heteroatoms. The molecule has 3 aromatic rings. The summed E-state index contributed by atoms with van der Waals surface area (Å²) < 4.78 is 54.1. The SMILES string of the molecule is [C-]#[N+]c1ccc(N[C@@H](c2nnc(-c3ccc(C#N)cc3)o2)[C@@H](C)O[Si](C)(C)C(C)(C)C)c(C)c1C(F)(F)F. The highest BCUT2D eigenvalue weighted by molar-refractivity contribution is 6.74. The van der Waals surface area contributed by atoms with Crippen LogP contribution in [0.15, 0.2) is 40.8 Å². The largest absolute Gasteiger partial charge is 0.418 e. The summed E-state index contributed by atoms with van der Waals surface area (Å²) in [5, 5.41) is 20.4. The lowest BCUT2D eigenvalue weighted by Gasteiger charge is -2.40. The first-order valence-electron chi connectivity index (χ1n) is 12.0. The minimum atomic E-state index is -4.70. The van der Waals surface area contributed by atoms with E-state index in [2.05, 4.69) is 54.2 Å². The zero-order chi connectivity index (χ0) is 28.5. The molecule has 1 aromatic heterocycles. The van der Waals surface area contributed by atoms with Crippen molar-refractivity contribution in [1.82, 2.24) is 10.2 Å². The second-order valence-corrected chi connectivity index (χ2v) is 15.3. The Morgan fingerprint density at radius 3 is 2.26 bits per heavy atom. The fourth-order valence-electron chi connectivity index (χ4n) is 3.73. The van der Waals surface area contributed by atoms with Gasteiger partial charge < -0.3 is 14.2 Å². The molecule has 0 saturated carbocycles. The van der Waals surface area contributed by atoms with Crippen molar-refractivity contribution in [1.29, 1.82) is 5.26 Å². The quantitative estimate of drug-likeness (QED) is 0.240. The molecule has 1 heterocycles. The van der Waals surface area contributed by atoms with Crippen LogP contribution in [0.5, 0.6) is 0 Å². The lowest BCUT2D eigenvalue weighted by Crippen LogP contribution is -2.45. The number of benzene rings is 2. The Balaban J connectivity index is 2.07. The zero-order valence-electron chi connectivity index (χ0n) is 22.4. The van der Waals surface area contributed by atoms with E-state index in [4.69, 9.17) is 20.7 Å². The van der Waals surface area contributed by atoms with Gasteiger partial charge in [0.25, 0.3) is 0 Å². The second-order valence-electron chi connectivity index (χ2n) is 10.6. The molecular weight excluding hydrogens is 511 g/mol. The maximum atomic E-state index is 13.8. The van der Waals surface area contributed by atoms with Crippen LogP contribution in [0, 0.1) is 24.8 Å². The highest BCUT2D eigenvalue weighted by Gasteiger charge is 2.41. The molecule has 1 N–H and O–H groups in total. The van der Waals surface area contributed by atoms with Gasteiger partial charge in [-0.3, -0.25) is 0 Å². The summed E-state index contributed by atoms with van der Waals surface area (Å²) >= 11 is 0. The van der Waals surface area contributed by atoms with Gasteiger partial charge in [0.05, 0.1) is 29.9 Å². The van der Waals surface area contributed by atoms with Crippen LogP contribution in [0.4, 0.5) is 24.5 Å². The fourth-order valence-corrected chi connectivity index (χ4v) is 5.15. The highest BCUT2D eigenvalue weighted by Crippen LogP contribution is 2.43. The number of nitrogens with zero attached hydrogens (tertiary/aromatic N) is 4. The average Bonchev–Trinajstić information content (AvgIpc) is 3.31. The van der Waals surface area contributed by atoms with Gasteiger partial charge in [-0.1, -0.05) is 26.8 Å². The van der Waals surface area contributed by atoms with Crippen LogP contribution in [0.25, 0.3) is 16.3 Å². The summed E-state index contributed by atoms with van der Waals surface area (Å²) in [6.45, 7) is 20.7. The minimum absolute atomic E-state index is 0.109. The third-order valence-corrected chi connectivity index (χ3v) is 11.5. The first-order chi connectivity index (χ1) is 17.6. The maximum absolute atomic E-state index is 13.8. The van der Waals surface area contributed by atoms with Gasteiger partial charge in [-0.05, 0) is 67.9 Å². The van der Waals surface area contributed by atoms with E-state index in [1.807, 2.05) is 13.0 Å². The van der Waals surface area contributed by atoms with Crippen molar-refractivity contribution in [3.05, 3.63) is 70.4 Å². The number of nitrogens with one attached hydrogen (secondary N) is 1. The molecule has 0 saturated heterocycles.